The maximum Gasteiger partial charge on any atom is 0.223 e. The lowest BCUT2D eigenvalue weighted by atomic mass is 10.1. The van der Waals surface area contributed by atoms with E-state index in [9.17, 15) is 4.79 Å². The van der Waals surface area contributed by atoms with Gasteiger partial charge in [-0.3, -0.25) is 4.79 Å². The third-order valence-electron chi connectivity index (χ3n) is 3.22. The molecule has 2 rings (SSSR count). The minimum absolute atomic E-state index is 0.0248. The van der Waals surface area contributed by atoms with Gasteiger partial charge in [0.1, 0.15) is 0 Å². The summed E-state index contributed by atoms with van der Waals surface area (Å²) in [6.07, 6.45) is 2.67. The minimum Gasteiger partial charge on any atom is -0.349 e. The number of carbonyl (C=O) groups is 1. The third kappa shape index (κ3) is 3.21. The molecule has 1 heterocycles. The van der Waals surface area contributed by atoms with Crippen molar-refractivity contribution in [2.75, 3.05) is 0 Å². The average Bonchev–Trinajstić information content (AvgIpc) is 2.87. The molecule has 3 nitrogen and oxygen atoms in total. The number of nitrogens with two attached hydrogens (primary N) is 1. The van der Waals surface area contributed by atoms with E-state index in [1.807, 2.05) is 19.1 Å². The van der Waals surface area contributed by atoms with Crippen molar-refractivity contribution in [3.05, 3.63) is 21.3 Å². The van der Waals surface area contributed by atoms with Gasteiger partial charge in [0.05, 0.1) is 10.4 Å². The summed E-state index contributed by atoms with van der Waals surface area (Å²) in [6.45, 7) is 1.98. The van der Waals surface area contributed by atoms with Crippen LogP contribution in [-0.4, -0.2) is 11.9 Å². The van der Waals surface area contributed by atoms with Crippen LogP contribution < -0.4 is 11.1 Å². The summed E-state index contributed by atoms with van der Waals surface area (Å²) < 4.78 is 0.754. The Balaban J connectivity index is 1.90. The maximum absolute atomic E-state index is 12.0. The summed E-state index contributed by atoms with van der Waals surface area (Å²) in [5.74, 6) is 0.206. The Kier molecular flexibility index (Phi) is 4.07. The standard InChI is InChI=1S/C12H17ClN2OS/c1-7(10-4-5-11(13)17-10)15-12(16)8-2-3-9(14)6-8/h4-5,7-9H,2-3,6,14H2,1H3,(H,15,16). The summed E-state index contributed by atoms with van der Waals surface area (Å²) in [4.78, 5) is 13.1. The normalized spacial score (nSPS) is 25.8. The zero-order chi connectivity index (χ0) is 12.4. The molecule has 1 amide bonds. The molecule has 3 unspecified atom stereocenters. The van der Waals surface area contributed by atoms with Crippen molar-refractivity contribution in [3.63, 3.8) is 0 Å². The van der Waals surface area contributed by atoms with Gasteiger partial charge in [0, 0.05) is 16.8 Å². The van der Waals surface area contributed by atoms with Crippen molar-refractivity contribution in [1.29, 1.82) is 0 Å². The van der Waals surface area contributed by atoms with E-state index >= 15 is 0 Å². The van der Waals surface area contributed by atoms with Crippen molar-refractivity contribution in [2.45, 2.75) is 38.3 Å². The molecular weight excluding hydrogens is 256 g/mol. The van der Waals surface area contributed by atoms with E-state index in [2.05, 4.69) is 5.32 Å². The maximum atomic E-state index is 12.0. The number of rotatable bonds is 3. The lowest BCUT2D eigenvalue weighted by molar-refractivity contribution is -0.125. The molecule has 1 aromatic heterocycles. The second-order valence-corrected chi connectivity index (χ2v) is 6.39. The van der Waals surface area contributed by atoms with Crippen LogP contribution >= 0.6 is 22.9 Å². The molecule has 0 bridgehead atoms. The fourth-order valence-electron chi connectivity index (χ4n) is 2.22. The fourth-order valence-corrected chi connectivity index (χ4v) is 3.28. The summed E-state index contributed by atoms with van der Waals surface area (Å²) in [7, 11) is 0. The zero-order valence-electron chi connectivity index (χ0n) is 9.78. The summed E-state index contributed by atoms with van der Waals surface area (Å²) >= 11 is 7.38. The Morgan fingerprint density at radius 1 is 1.59 bits per heavy atom. The Bertz CT molecular complexity index is 407. The fraction of sp³-hybridized carbons (Fsp3) is 0.583. The van der Waals surface area contributed by atoms with Gasteiger partial charge in [0.25, 0.3) is 0 Å². The second-order valence-electron chi connectivity index (χ2n) is 4.64. The molecular formula is C12H17ClN2OS. The smallest absolute Gasteiger partial charge is 0.223 e. The summed E-state index contributed by atoms with van der Waals surface area (Å²) in [6, 6.07) is 4.03. The number of nitrogens with one attached hydrogen (secondary N) is 1. The molecule has 1 fully saturated rings. The molecule has 1 aliphatic rings. The predicted octanol–water partition coefficient (Wildman–Crippen LogP) is 2.71. The molecule has 0 aromatic carbocycles. The van der Waals surface area contributed by atoms with Gasteiger partial charge in [-0.15, -0.1) is 11.3 Å². The highest BCUT2D eigenvalue weighted by atomic mass is 35.5. The molecule has 1 aliphatic carbocycles. The van der Waals surface area contributed by atoms with Crippen LogP contribution in [0.5, 0.6) is 0 Å². The molecule has 3 N–H and O–H groups in total. The van der Waals surface area contributed by atoms with Crippen LogP contribution in [0.4, 0.5) is 0 Å². The Labute approximate surface area is 110 Å². The zero-order valence-corrected chi connectivity index (χ0v) is 11.4. The first-order chi connectivity index (χ1) is 8.06. The Morgan fingerprint density at radius 2 is 2.35 bits per heavy atom. The molecule has 17 heavy (non-hydrogen) atoms. The molecule has 5 heteroatoms. The first kappa shape index (κ1) is 12.9. The van der Waals surface area contributed by atoms with Crippen molar-refractivity contribution in [2.24, 2.45) is 11.7 Å². The number of hydrogen-bond donors (Lipinski definition) is 2. The molecule has 1 aromatic rings. The molecule has 3 atom stereocenters. The van der Waals surface area contributed by atoms with Gasteiger partial charge in [-0.1, -0.05) is 11.6 Å². The largest absolute Gasteiger partial charge is 0.349 e. The van der Waals surface area contributed by atoms with Crippen LogP contribution in [0.3, 0.4) is 0 Å². The van der Waals surface area contributed by atoms with Crippen LogP contribution in [0.15, 0.2) is 12.1 Å². The highest BCUT2D eigenvalue weighted by molar-refractivity contribution is 7.16. The first-order valence-corrected chi connectivity index (χ1v) is 7.07. The van der Waals surface area contributed by atoms with Gasteiger partial charge in [-0.05, 0) is 38.3 Å². The van der Waals surface area contributed by atoms with Crippen molar-refractivity contribution in [3.8, 4) is 0 Å². The van der Waals surface area contributed by atoms with Gasteiger partial charge in [-0.25, -0.2) is 0 Å². The van der Waals surface area contributed by atoms with E-state index in [0.29, 0.717) is 0 Å². The predicted molar refractivity (Wildman–Crippen MR) is 71.2 cm³/mol. The molecule has 94 valence electrons. The highest BCUT2D eigenvalue weighted by Crippen LogP contribution is 2.28. The van der Waals surface area contributed by atoms with E-state index in [1.165, 1.54) is 11.3 Å². The van der Waals surface area contributed by atoms with Gasteiger partial charge < -0.3 is 11.1 Å². The van der Waals surface area contributed by atoms with Crippen LogP contribution in [0.25, 0.3) is 0 Å². The second kappa shape index (κ2) is 5.38. The van der Waals surface area contributed by atoms with Crippen molar-refractivity contribution < 1.29 is 4.79 Å². The third-order valence-corrected chi connectivity index (χ3v) is 4.64. The van der Waals surface area contributed by atoms with Crippen LogP contribution in [-0.2, 0) is 4.79 Å². The highest BCUT2D eigenvalue weighted by Gasteiger charge is 2.28. The number of amides is 1. The minimum atomic E-state index is 0.0248. The SMILES string of the molecule is CC(NC(=O)C1CCC(N)C1)c1ccc(Cl)s1. The molecule has 0 aliphatic heterocycles. The van der Waals surface area contributed by atoms with Gasteiger partial charge in [0.2, 0.25) is 5.91 Å². The van der Waals surface area contributed by atoms with E-state index in [4.69, 9.17) is 17.3 Å². The van der Waals surface area contributed by atoms with Gasteiger partial charge >= 0.3 is 0 Å². The Hall–Kier alpha value is -0.580. The molecule has 0 saturated heterocycles. The lowest BCUT2D eigenvalue weighted by Gasteiger charge is -2.15. The van der Waals surface area contributed by atoms with Gasteiger partial charge in [0.15, 0.2) is 0 Å². The van der Waals surface area contributed by atoms with E-state index in [1.54, 1.807) is 0 Å². The van der Waals surface area contributed by atoms with Crippen LogP contribution in [0, 0.1) is 5.92 Å². The topological polar surface area (TPSA) is 55.1 Å². The van der Waals surface area contributed by atoms with Gasteiger partial charge in [-0.2, -0.15) is 0 Å². The molecule has 1 saturated carbocycles. The molecule has 0 spiro atoms. The number of hydrogen-bond acceptors (Lipinski definition) is 3. The van der Waals surface area contributed by atoms with E-state index in [-0.39, 0.29) is 23.9 Å². The van der Waals surface area contributed by atoms with Crippen molar-refractivity contribution in [1.82, 2.24) is 5.32 Å². The van der Waals surface area contributed by atoms with E-state index < -0.39 is 0 Å². The first-order valence-electron chi connectivity index (χ1n) is 5.87. The van der Waals surface area contributed by atoms with Crippen LogP contribution in [0.2, 0.25) is 4.34 Å². The number of carbonyl (C=O) groups excluding carboxylic acids is 1. The monoisotopic (exact) mass is 272 g/mol. The van der Waals surface area contributed by atoms with Crippen molar-refractivity contribution >= 4 is 28.8 Å². The summed E-state index contributed by atoms with van der Waals surface area (Å²) in [5, 5.41) is 3.03. The van der Waals surface area contributed by atoms with Crippen LogP contribution in [0.1, 0.15) is 37.1 Å². The quantitative estimate of drug-likeness (QED) is 0.889. The number of halogens is 1. The summed E-state index contributed by atoms with van der Waals surface area (Å²) in [5.41, 5.74) is 5.81. The Morgan fingerprint density at radius 3 is 2.88 bits per heavy atom. The molecule has 0 radical (unpaired) electrons. The average molecular weight is 273 g/mol. The van der Waals surface area contributed by atoms with E-state index in [0.717, 1.165) is 28.5 Å². The number of thiophene rings is 1. The lowest BCUT2D eigenvalue weighted by Crippen LogP contribution is -2.32.